The van der Waals surface area contributed by atoms with Crippen LogP contribution < -0.4 is 10.2 Å². The maximum absolute atomic E-state index is 14.1. The van der Waals surface area contributed by atoms with Gasteiger partial charge in [0.05, 0.1) is 16.4 Å². The molecular weight excluding hydrogens is 445 g/mol. The Morgan fingerprint density at radius 3 is 2.61 bits per heavy atom. The summed E-state index contributed by atoms with van der Waals surface area (Å²) in [5.74, 6) is -0.552. The summed E-state index contributed by atoms with van der Waals surface area (Å²) in [6.07, 6.45) is 1.54. The number of urea groups is 1. The lowest BCUT2D eigenvalue weighted by Crippen LogP contribution is -2.47. The van der Waals surface area contributed by atoms with Crippen LogP contribution in [0.3, 0.4) is 0 Å². The quantitative estimate of drug-likeness (QED) is 0.736. The third kappa shape index (κ3) is 3.90. The zero-order valence-electron chi connectivity index (χ0n) is 18.8. The van der Waals surface area contributed by atoms with E-state index in [2.05, 4.69) is 19.2 Å². The van der Waals surface area contributed by atoms with E-state index in [1.54, 1.807) is 18.2 Å². The Bertz CT molecular complexity index is 1120. The number of anilines is 2. The first-order chi connectivity index (χ1) is 15.7. The molecule has 7 nitrogen and oxygen atoms in total. The van der Waals surface area contributed by atoms with Gasteiger partial charge in [-0.1, -0.05) is 25.4 Å². The number of fused-ring (bicyclic) bond motifs is 1. The van der Waals surface area contributed by atoms with Gasteiger partial charge >= 0.3 is 6.03 Å². The highest BCUT2D eigenvalue weighted by Crippen LogP contribution is 2.43. The molecular formula is C24H27ClFN5O2. The van der Waals surface area contributed by atoms with Crippen molar-refractivity contribution < 1.29 is 14.0 Å². The van der Waals surface area contributed by atoms with Crippen molar-refractivity contribution in [2.45, 2.75) is 38.1 Å². The summed E-state index contributed by atoms with van der Waals surface area (Å²) in [6.45, 7) is 7.39. The van der Waals surface area contributed by atoms with Gasteiger partial charge in [0.1, 0.15) is 11.5 Å². The molecule has 1 aromatic heterocycles. The molecule has 33 heavy (non-hydrogen) atoms. The Morgan fingerprint density at radius 2 is 1.94 bits per heavy atom. The highest BCUT2D eigenvalue weighted by molar-refractivity contribution is 6.30. The summed E-state index contributed by atoms with van der Waals surface area (Å²) < 4.78 is 14.1. The van der Waals surface area contributed by atoms with Crippen LogP contribution in [0, 0.1) is 5.82 Å². The first kappa shape index (κ1) is 21.9. The van der Waals surface area contributed by atoms with Crippen LogP contribution in [0.1, 0.15) is 42.9 Å². The lowest BCUT2D eigenvalue weighted by Gasteiger charge is -2.36. The molecule has 3 amide bonds. The summed E-state index contributed by atoms with van der Waals surface area (Å²) in [5, 5.41) is 2.93. The molecule has 4 heterocycles. The summed E-state index contributed by atoms with van der Waals surface area (Å²) >= 11 is 5.86. The van der Waals surface area contributed by atoms with Gasteiger partial charge in [0.25, 0.3) is 5.91 Å². The number of piperidine rings is 1. The second-order valence-electron chi connectivity index (χ2n) is 9.58. The zero-order chi connectivity index (χ0) is 23.3. The van der Waals surface area contributed by atoms with Crippen LogP contribution in [-0.4, -0.2) is 65.5 Å². The van der Waals surface area contributed by atoms with Gasteiger partial charge in [0.2, 0.25) is 0 Å². The van der Waals surface area contributed by atoms with Crippen LogP contribution >= 0.6 is 11.6 Å². The van der Waals surface area contributed by atoms with Crippen LogP contribution in [0.4, 0.5) is 20.6 Å². The molecule has 3 aliphatic rings. The average molecular weight is 472 g/mol. The largest absolute Gasteiger partial charge is 0.339 e. The normalized spacial score (nSPS) is 20.2. The van der Waals surface area contributed by atoms with Crippen LogP contribution in [0.25, 0.3) is 0 Å². The zero-order valence-corrected chi connectivity index (χ0v) is 19.5. The molecule has 0 radical (unpaired) electrons. The molecule has 0 atom stereocenters. The van der Waals surface area contributed by atoms with Crippen molar-refractivity contribution in [3.63, 3.8) is 0 Å². The lowest BCUT2D eigenvalue weighted by molar-refractivity contribution is 0.0660. The number of carbonyl (C=O) groups excluding carboxylic acids is 2. The molecule has 3 aliphatic heterocycles. The predicted molar refractivity (Wildman–Crippen MR) is 125 cm³/mol. The maximum Gasteiger partial charge on any atom is 0.317 e. The van der Waals surface area contributed by atoms with Gasteiger partial charge in [-0.05, 0) is 43.2 Å². The van der Waals surface area contributed by atoms with Crippen molar-refractivity contribution in [3.8, 4) is 0 Å². The summed E-state index contributed by atoms with van der Waals surface area (Å²) in [6, 6.07) is 8.60. The van der Waals surface area contributed by atoms with E-state index in [-0.39, 0.29) is 28.4 Å². The Morgan fingerprint density at radius 1 is 1.18 bits per heavy atom. The van der Waals surface area contributed by atoms with Gasteiger partial charge in [0, 0.05) is 49.9 Å². The first-order valence-electron chi connectivity index (χ1n) is 11.3. The minimum absolute atomic E-state index is 0.00702. The summed E-state index contributed by atoms with van der Waals surface area (Å²) in [5.41, 5.74) is 2.52. The minimum atomic E-state index is -0.463. The SMILES string of the molecule is CC1(C)CN(c2ccc(Cl)c(F)c2)c2ccc(C(=O)N3CCC(N4CCNC4=O)CC3)nc21. The molecule has 2 saturated heterocycles. The van der Waals surface area contributed by atoms with E-state index >= 15 is 0 Å². The van der Waals surface area contributed by atoms with E-state index in [1.165, 1.54) is 6.07 Å². The molecule has 0 unspecified atom stereocenters. The smallest absolute Gasteiger partial charge is 0.317 e. The standard InChI is InChI=1S/C24H27ClFN5O2/c1-24(2)14-31(16-3-4-17(25)18(26)13-16)20-6-5-19(28-21(20)24)22(32)29-10-7-15(8-11-29)30-12-9-27-23(30)33/h3-6,13,15H,7-12,14H2,1-2H3,(H,27,33). The number of hydrogen-bond donors (Lipinski definition) is 1. The molecule has 0 bridgehead atoms. The highest BCUT2D eigenvalue weighted by Gasteiger charge is 2.39. The molecule has 1 aromatic carbocycles. The highest BCUT2D eigenvalue weighted by atomic mass is 35.5. The van der Waals surface area contributed by atoms with Crippen molar-refractivity contribution >= 4 is 34.9 Å². The number of aromatic nitrogens is 1. The Kier molecular flexibility index (Phi) is 5.43. The Balaban J connectivity index is 1.34. The number of nitrogens with one attached hydrogen (secondary N) is 1. The van der Waals surface area contributed by atoms with E-state index in [9.17, 15) is 14.0 Å². The first-order valence-corrected chi connectivity index (χ1v) is 11.7. The number of benzene rings is 1. The average Bonchev–Trinajstić information content (AvgIpc) is 3.35. The van der Waals surface area contributed by atoms with Crippen LogP contribution in [-0.2, 0) is 5.41 Å². The molecule has 2 fully saturated rings. The van der Waals surface area contributed by atoms with Gasteiger partial charge in [-0.3, -0.25) is 4.79 Å². The van der Waals surface area contributed by atoms with E-state index in [1.807, 2.05) is 20.8 Å². The van der Waals surface area contributed by atoms with Gasteiger partial charge in [-0.15, -0.1) is 0 Å². The molecule has 9 heteroatoms. The Hall–Kier alpha value is -2.87. The number of carbonyl (C=O) groups is 2. The van der Waals surface area contributed by atoms with E-state index in [0.717, 1.165) is 30.8 Å². The van der Waals surface area contributed by atoms with Gasteiger partial charge in [-0.2, -0.15) is 0 Å². The number of likely N-dealkylation sites (tertiary alicyclic amines) is 1. The number of halogens is 2. The van der Waals surface area contributed by atoms with Crippen molar-refractivity contribution in [2.75, 3.05) is 37.6 Å². The van der Waals surface area contributed by atoms with Crippen molar-refractivity contribution in [3.05, 3.63) is 52.6 Å². The topological polar surface area (TPSA) is 68.8 Å². The second kappa shape index (κ2) is 8.17. The van der Waals surface area contributed by atoms with Crippen molar-refractivity contribution in [1.82, 2.24) is 20.1 Å². The third-order valence-electron chi connectivity index (χ3n) is 6.88. The van der Waals surface area contributed by atoms with Gasteiger partial charge < -0.3 is 20.0 Å². The second-order valence-corrected chi connectivity index (χ2v) is 9.99. The van der Waals surface area contributed by atoms with Crippen molar-refractivity contribution in [1.29, 1.82) is 0 Å². The number of amides is 3. The molecule has 174 valence electrons. The van der Waals surface area contributed by atoms with E-state index in [0.29, 0.717) is 37.6 Å². The molecule has 1 N–H and O–H groups in total. The van der Waals surface area contributed by atoms with Crippen LogP contribution in [0.5, 0.6) is 0 Å². The van der Waals surface area contributed by atoms with E-state index in [4.69, 9.17) is 16.6 Å². The fourth-order valence-electron chi connectivity index (χ4n) is 5.10. The monoisotopic (exact) mass is 471 g/mol. The van der Waals surface area contributed by atoms with Crippen LogP contribution in [0.15, 0.2) is 30.3 Å². The number of nitrogens with zero attached hydrogens (tertiary/aromatic N) is 4. The minimum Gasteiger partial charge on any atom is -0.339 e. The number of pyridine rings is 1. The molecule has 0 spiro atoms. The third-order valence-corrected chi connectivity index (χ3v) is 7.18. The maximum atomic E-state index is 14.1. The van der Waals surface area contributed by atoms with Crippen LogP contribution in [0.2, 0.25) is 5.02 Å². The predicted octanol–water partition coefficient (Wildman–Crippen LogP) is 3.93. The molecule has 2 aromatic rings. The summed E-state index contributed by atoms with van der Waals surface area (Å²) in [4.78, 5) is 35.7. The van der Waals surface area contributed by atoms with Gasteiger partial charge in [-0.25, -0.2) is 14.2 Å². The van der Waals surface area contributed by atoms with Gasteiger partial charge in [0.15, 0.2) is 0 Å². The van der Waals surface area contributed by atoms with E-state index < -0.39 is 5.82 Å². The van der Waals surface area contributed by atoms with Crippen molar-refractivity contribution in [2.24, 2.45) is 0 Å². The number of hydrogen-bond acceptors (Lipinski definition) is 4. The summed E-state index contributed by atoms with van der Waals surface area (Å²) in [7, 11) is 0. The lowest BCUT2D eigenvalue weighted by atomic mass is 9.91. The fourth-order valence-corrected chi connectivity index (χ4v) is 5.22. The molecule has 0 saturated carbocycles. The molecule has 0 aliphatic carbocycles. The molecule has 5 rings (SSSR count). The number of rotatable bonds is 3. The fraction of sp³-hybridized carbons (Fsp3) is 0.458. The Labute approximate surface area is 197 Å².